The summed E-state index contributed by atoms with van der Waals surface area (Å²) in [6.45, 7) is 0. The highest BCUT2D eigenvalue weighted by Gasteiger charge is 2.22. The van der Waals surface area contributed by atoms with E-state index in [4.69, 9.17) is 0 Å². The molecule has 6 aromatic rings. The van der Waals surface area contributed by atoms with Crippen molar-refractivity contribution >= 4 is 32.7 Å². The molecule has 0 atom stereocenters. The summed E-state index contributed by atoms with van der Waals surface area (Å²) in [6, 6.07) is 25.7. The fraction of sp³-hybridized carbons (Fsp3) is 0.0769. The average molecular weight is 375 g/mol. The van der Waals surface area contributed by atoms with Gasteiger partial charge in [-0.2, -0.15) is 0 Å². The van der Waals surface area contributed by atoms with Crippen LogP contribution >= 0.6 is 0 Å². The summed E-state index contributed by atoms with van der Waals surface area (Å²) < 4.78 is 0. The SMILES string of the molecule is c1ccc2c(CC(c3c[nH]c4ccccc34)c3c[nH]c4ccccc34)c[nH]c2c1. The number of fused-ring (bicyclic) bond motifs is 3. The van der Waals surface area contributed by atoms with E-state index in [9.17, 15) is 0 Å². The molecule has 3 N–H and O–H groups in total. The van der Waals surface area contributed by atoms with Gasteiger partial charge in [0, 0.05) is 57.2 Å². The van der Waals surface area contributed by atoms with Crippen LogP contribution in [0.15, 0.2) is 91.4 Å². The number of benzene rings is 3. The third-order valence-corrected chi connectivity index (χ3v) is 6.09. The van der Waals surface area contributed by atoms with Crippen LogP contribution in [0.25, 0.3) is 32.7 Å². The molecule has 3 heterocycles. The van der Waals surface area contributed by atoms with Crippen molar-refractivity contribution in [2.24, 2.45) is 0 Å². The minimum Gasteiger partial charge on any atom is -0.361 e. The van der Waals surface area contributed by atoms with Gasteiger partial charge >= 0.3 is 0 Å². The Kier molecular flexibility index (Phi) is 3.60. The van der Waals surface area contributed by atoms with Crippen LogP contribution < -0.4 is 0 Å². The lowest BCUT2D eigenvalue weighted by molar-refractivity contribution is 0.823. The second kappa shape index (κ2) is 6.42. The Balaban J connectivity index is 1.56. The summed E-state index contributed by atoms with van der Waals surface area (Å²) >= 11 is 0. The highest BCUT2D eigenvalue weighted by Crippen LogP contribution is 2.38. The number of aromatic amines is 3. The minimum atomic E-state index is 0.251. The number of aromatic nitrogens is 3. The number of hydrogen-bond acceptors (Lipinski definition) is 0. The molecule has 0 aliphatic carbocycles. The van der Waals surface area contributed by atoms with Crippen molar-refractivity contribution in [1.82, 2.24) is 15.0 Å². The molecule has 0 radical (unpaired) electrons. The van der Waals surface area contributed by atoms with E-state index < -0.39 is 0 Å². The van der Waals surface area contributed by atoms with E-state index in [1.165, 1.54) is 49.4 Å². The van der Waals surface area contributed by atoms with Crippen molar-refractivity contribution < 1.29 is 0 Å². The van der Waals surface area contributed by atoms with Gasteiger partial charge in [-0.25, -0.2) is 0 Å². The van der Waals surface area contributed by atoms with E-state index in [0.717, 1.165) is 6.42 Å². The van der Waals surface area contributed by atoms with E-state index in [-0.39, 0.29) is 5.92 Å². The van der Waals surface area contributed by atoms with Crippen LogP contribution in [-0.4, -0.2) is 15.0 Å². The standard InChI is InChI=1S/C26H21N3/c1-4-10-24-18(7-1)17(14-27-24)13-21(22-15-28-25-11-5-2-8-19(22)25)23-16-29-26-12-6-3-9-20(23)26/h1-12,14-16,21,27-29H,13H2. The number of para-hydroxylation sites is 3. The molecule has 0 spiro atoms. The Morgan fingerprint density at radius 2 is 0.966 bits per heavy atom. The molecular weight excluding hydrogens is 354 g/mol. The van der Waals surface area contributed by atoms with E-state index >= 15 is 0 Å². The van der Waals surface area contributed by atoms with Gasteiger partial charge in [0.25, 0.3) is 0 Å². The first kappa shape index (κ1) is 16.3. The van der Waals surface area contributed by atoms with Gasteiger partial charge in [-0.05, 0) is 41.3 Å². The number of hydrogen-bond donors (Lipinski definition) is 3. The van der Waals surface area contributed by atoms with E-state index in [2.05, 4.69) is 106 Å². The maximum absolute atomic E-state index is 3.48. The summed E-state index contributed by atoms with van der Waals surface area (Å²) in [6.07, 6.45) is 7.48. The third kappa shape index (κ3) is 2.59. The lowest BCUT2D eigenvalue weighted by atomic mass is 9.85. The van der Waals surface area contributed by atoms with Gasteiger partial charge in [0.15, 0.2) is 0 Å². The predicted octanol–water partition coefficient (Wildman–Crippen LogP) is 6.51. The summed E-state index contributed by atoms with van der Waals surface area (Å²) in [5.74, 6) is 0.251. The number of H-pyrrole nitrogens is 3. The Morgan fingerprint density at radius 3 is 1.55 bits per heavy atom. The minimum absolute atomic E-state index is 0.251. The van der Waals surface area contributed by atoms with Crippen LogP contribution in [0.2, 0.25) is 0 Å². The molecule has 0 fully saturated rings. The fourth-order valence-corrected chi connectivity index (χ4v) is 4.67. The molecule has 0 saturated carbocycles. The Bertz CT molecular complexity index is 1370. The molecule has 3 nitrogen and oxygen atoms in total. The first-order chi connectivity index (χ1) is 14.4. The normalized spacial score (nSPS) is 11.9. The van der Waals surface area contributed by atoms with Crippen molar-refractivity contribution in [2.75, 3.05) is 0 Å². The van der Waals surface area contributed by atoms with E-state index in [1.54, 1.807) is 0 Å². The van der Waals surface area contributed by atoms with Crippen LogP contribution in [0, 0.1) is 0 Å². The number of nitrogens with one attached hydrogen (secondary N) is 3. The van der Waals surface area contributed by atoms with Crippen molar-refractivity contribution in [1.29, 1.82) is 0 Å². The first-order valence-electron chi connectivity index (χ1n) is 10.1. The van der Waals surface area contributed by atoms with Gasteiger partial charge in [-0.1, -0.05) is 54.6 Å². The Labute approximate surface area is 168 Å². The first-order valence-corrected chi connectivity index (χ1v) is 10.1. The quantitative estimate of drug-likeness (QED) is 0.315. The smallest absolute Gasteiger partial charge is 0.0457 e. The monoisotopic (exact) mass is 375 g/mol. The van der Waals surface area contributed by atoms with Crippen molar-refractivity contribution in [3.05, 3.63) is 108 Å². The van der Waals surface area contributed by atoms with Crippen LogP contribution in [0.4, 0.5) is 0 Å². The molecule has 140 valence electrons. The van der Waals surface area contributed by atoms with E-state index in [1.807, 2.05) is 0 Å². The summed E-state index contributed by atoms with van der Waals surface area (Å²) in [5.41, 5.74) is 7.60. The van der Waals surface area contributed by atoms with Gasteiger partial charge in [-0.3, -0.25) is 0 Å². The summed E-state index contributed by atoms with van der Waals surface area (Å²) in [7, 11) is 0. The van der Waals surface area contributed by atoms with Crippen LogP contribution in [0.5, 0.6) is 0 Å². The van der Waals surface area contributed by atoms with Gasteiger partial charge in [0.05, 0.1) is 0 Å². The third-order valence-electron chi connectivity index (χ3n) is 6.09. The molecule has 6 rings (SSSR count). The van der Waals surface area contributed by atoms with E-state index in [0.29, 0.717) is 0 Å². The predicted molar refractivity (Wildman–Crippen MR) is 120 cm³/mol. The second-order valence-electron chi connectivity index (χ2n) is 7.70. The lowest BCUT2D eigenvalue weighted by Crippen LogP contribution is -2.04. The maximum atomic E-state index is 3.48. The molecule has 0 unspecified atom stereocenters. The fourth-order valence-electron chi connectivity index (χ4n) is 4.67. The zero-order valence-corrected chi connectivity index (χ0v) is 15.9. The molecule has 3 heteroatoms. The van der Waals surface area contributed by atoms with Crippen LogP contribution in [0.1, 0.15) is 22.6 Å². The lowest BCUT2D eigenvalue weighted by Gasteiger charge is -2.16. The molecular formula is C26H21N3. The Morgan fingerprint density at radius 1 is 0.517 bits per heavy atom. The van der Waals surface area contributed by atoms with Gasteiger partial charge in [-0.15, -0.1) is 0 Å². The van der Waals surface area contributed by atoms with Crippen LogP contribution in [-0.2, 0) is 6.42 Å². The highest BCUT2D eigenvalue weighted by molar-refractivity contribution is 5.89. The van der Waals surface area contributed by atoms with Gasteiger partial charge in [0.2, 0.25) is 0 Å². The zero-order valence-electron chi connectivity index (χ0n) is 15.9. The van der Waals surface area contributed by atoms with Crippen molar-refractivity contribution in [3.63, 3.8) is 0 Å². The molecule has 3 aromatic heterocycles. The molecule has 0 aliphatic heterocycles. The van der Waals surface area contributed by atoms with Crippen molar-refractivity contribution in [2.45, 2.75) is 12.3 Å². The molecule has 3 aromatic carbocycles. The molecule has 0 saturated heterocycles. The van der Waals surface area contributed by atoms with Gasteiger partial charge in [0.1, 0.15) is 0 Å². The zero-order chi connectivity index (χ0) is 19.2. The second-order valence-corrected chi connectivity index (χ2v) is 7.70. The molecule has 0 amide bonds. The summed E-state index contributed by atoms with van der Waals surface area (Å²) in [4.78, 5) is 10.4. The molecule has 0 aliphatic rings. The Hall–Kier alpha value is -3.72. The summed E-state index contributed by atoms with van der Waals surface area (Å²) in [5, 5.41) is 3.89. The maximum Gasteiger partial charge on any atom is 0.0457 e. The largest absolute Gasteiger partial charge is 0.361 e. The highest BCUT2D eigenvalue weighted by atomic mass is 14.7. The topological polar surface area (TPSA) is 47.4 Å². The average Bonchev–Trinajstić information content (AvgIpc) is 3.49. The van der Waals surface area contributed by atoms with Gasteiger partial charge < -0.3 is 15.0 Å². The van der Waals surface area contributed by atoms with Crippen molar-refractivity contribution in [3.8, 4) is 0 Å². The molecule has 29 heavy (non-hydrogen) atoms. The number of rotatable bonds is 4. The molecule has 0 bridgehead atoms. The van der Waals surface area contributed by atoms with Crippen LogP contribution in [0.3, 0.4) is 0 Å².